The van der Waals surface area contributed by atoms with Crippen LogP contribution in [0, 0.1) is 12.7 Å². The summed E-state index contributed by atoms with van der Waals surface area (Å²) in [5, 5.41) is 0.745. The third kappa shape index (κ3) is 2.82. The Kier molecular flexibility index (Phi) is 4.19. The van der Waals surface area contributed by atoms with Gasteiger partial charge in [0.05, 0.1) is 5.02 Å². The van der Waals surface area contributed by atoms with E-state index in [-0.39, 0.29) is 10.8 Å². The largest absolute Gasteiger partial charge is 0.436 e. The van der Waals surface area contributed by atoms with Gasteiger partial charge < -0.3 is 4.74 Å². The van der Waals surface area contributed by atoms with Crippen molar-refractivity contribution >= 4 is 27.5 Å². The molecule has 0 radical (unpaired) electrons. The van der Waals surface area contributed by atoms with Crippen molar-refractivity contribution in [3.8, 4) is 11.6 Å². The predicted octanol–water partition coefficient (Wildman–Crippen LogP) is 4.87. The minimum Gasteiger partial charge on any atom is -0.436 e. The second-order valence-electron chi connectivity index (χ2n) is 3.75. The summed E-state index contributed by atoms with van der Waals surface area (Å²) in [4.78, 5) is 4.15. The molecule has 0 aliphatic rings. The minimum atomic E-state index is -0.579. The molecule has 2 rings (SSSR count). The Balaban J connectivity index is 2.31. The molecule has 1 aromatic carbocycles. The number of pyridine rings is 1. The lowest BCUT2D eigenvalue weighted by molar-refractivity contribution is 0.424. The van der Waals surface area contributed by atoms with Gasteiger partial charge in [-0.05, 0) is 30.7 Å². The van der Waals surface area contributed by atoms with Gasteiger partial charge >= 0.3 is 0 Å². The molecular weight excluding hydrogens is 321 g/mol. The van der Waals surface area contributed by atoms with Crippen molar-refractivity contribution in [2.45, 2.75) is 12.3 Å². The molecule has 1 heterocycles. The molecule has 0 bridgehead atoms. The predicted molar refractivity (Wildman–Crippen MR) is 73.1 cm³/mol. The van der Waals surface area contributed by atoms with Gasteiger partial charge in [-0.1, -0.05) is 33.6 Å². The van der Waals surface area contributed by atoms with Crippen molar-refractivity contribution in [3.05, 3.63) is 52.4 Å². The van der Waals surface area contributed by atoms with Crippen LogP contribution in [0.4, 0.5) is 4.39 Å². The number of ether oxygens (including phenoxy) is 1. The van der Waals surface area contributed by atoms with Gasteiger partial charge in [0.15, 0.2) is 11.6 Å². The summed E-state index contributed by atoms with van der Waals surface area (Å²) in [6, 6.07) is 6.54. The molecule has 0 atom stereocenters. The highest BCUT2D eigenvalue weighted by Crippen LogP contribution is 2.29. The first-order valence-corrected chi connectivity index (χ1v) is 6.75. The van der Waals surface area contributed by atoms with E-state index < -0.39 is 5.82 Å². The highest BCUT2D eigenvalue weighted by molar-refractivity contribution is 9.08. The van der Waals surface area contributed by atoms with E-state index in [1.807, 2.05) is 13.0 Å². The molecule has 5 heteroatoms. The lowest BCUT2D eigenvalue weighted by Crippen LogP contribution is -1.95. The lowest BCUT2D eigenvalue weighted by atomic mass is 10.2. The first-order chi connectivity index (χ1) is 8.61. The maximum atomic E-state index is 13.7. The molecule has 0 N–H and O–H groups in total. The molecule has 2 nitrogen and oxygen atoms in total. The Morgan fingerprint density at radius 1 is 1.44 bits per heavy atom. The second kappa shape index (κ2) is 5.67. The molecular formula is C13H10BrClFNO. The molecule has 1 aromatic heterocycles. The Labute approximate surface area is 118 Å². The molecule has 94 valence electrons. The van der Waals surface area contributed by atoms with Gasteiger partial charge in [-0.25, -0.2) is 9.37 Å². The van der Waals surface area contributed by atoms with Crippen LogP contribution in [-0.2, 0) is 5.33 Å². The maximum Gasteiger partial charge on any atom is 0.222 e. The molecule has 0 aliphatic heterocycles. The number of hydrogen-bond donors (Lipinski definition) is 0. The summed E-state index contributed by atoms with van der Waals surface area (Å²) in [6.07, 6.45) is 1.68. The number of rotatable bonds is 3. The van der Waals surface area contributed by atoms with Crippen molar-refractivity contribution < 1.29 is 9.13 Å². The topological polar surface area (TPSA) is 22.1 Å². The first-order valence-electron chi connectivity index (χ1n) is 5.25. The van der Waals surface area contributed by atoms with Gasteiger partial charge in [0.1, 0.15) is 0 Å². The molecule has 0 aliphatic carbocycles. The molecule has 0 spiro atoms. The highest BCUT2D eigenvalue weighted by Gasteiger charge is 2.10. The zero-order chi connectivity index (χ0) is 13.1. The smallest absolute Gasteiger partial charge is 0.222 e. The van der Waals surface area contributed by atoms with Gasteiger partial charge in [0, 0.05) is 17.1 Å². The Morgan fingerprint density at radius 3 is 2.89 bits per heavy atom. The third-order valence-corrected chi connectivity index (χ3v) is 3.30. The average molecular weight is 331 g/mol. The number of benzene rings is 1. The molecule has 0 fully saturated rings. The fourth-order valence-corrected chi connectivity index (χ4v) is 1.94. The zero-order valence-corrected chi connectivity index (χ0v) is 11.9. The van der Waals surface area contributed by atoms with Crippen LogP contribution in [-0.4, -0.2) is 4.98 Å². The van der Waals surface area contributed by atoms with E-state index in [1.165, 1.54) is 12.1 Å². The van der Waals surface area contributed by atoms with Gasteiger partial charge in [0.25, 0.3) is 0 Å². The van der Waals surface area contributed by atoms with Gasteiger partial charge in [0.2, 0.25) is 5.88 Å². The first kappa shape index (κ1) is 13.3. The maximum absolute atomic E-state index is 13.7. The number of nitrogens with zero attached hydrogens (tertiary/aromatic N) is 1. The molecule has 0 unspecified atom stereocenters. The van der Waals surface area contributed by atoms with Gasteiger partial charge in [-0.15, -0.1) is 0 Å². The van der Waals surface area contributed by atoms with Crippen molar-refractivity contribution in [1.29, 1.82) is 0 Å². The van der Waals surface area contributed by atoms with Crippen LogP contribution < -0.4 is 4.74 Å². The van der Waals surface area contributed by atoms with Crippen LogP contribution in [0.1, 0.15) is 11.1 Å². The Bertz CT molecular complexity index is 577. The van der Waals surface area contributed by atoms with E-state index >= 15 is 0 Å². The standard InChI is InChI=1S/C13H10BrClFNO/c1-8-5-9(6-14)7-17-13(8)18-11-4-2-3-10(15)12(11)16/h2-5,7H,6H2,1H3. The summed E-state index contributed by atoms with van der Waals surface area (Å²) in [5.41, 5.74) is 1.87. The van der Waals surface area contributed by atoms with Crippen molar-refractivity contribution in [3.63, 3.8) is 0 Å². The van der Waals surface area contributed by atoms with E-state index in [0.29, 0.717) is 11.2 Å². The number of hydrogen-bond acceptors (Lipinski definition) is 2. The van der Waals surface area contributed by atoms with Crippen LogP contribution >= 0.6 is 27.5 Å². The SMILES string of the molecule is Cc1cc(CBr)cnc1Oc1cccc(Cl)c1F. The van der Waals surface area contributed by atoms with Crippen LogP contribution in [0.15, 0.2) is 30.5 Å². The Hall–Kier alpha value is -1.13. The van der Waals surface area contributed by atoms with Crippen LogP contribution in [0.25, 0.3) is 0 Å². The monoisotopic (exact) mass is 329 g/mol. The fourth-order valence-electron chi connectivity index (χ4n) is 1.47. The summed E-state index contributed by atoms with van der Waals surface area (Å²) in [6.45, 7) is 1.86. The molecule has 2 aromatic rings. The molecule has 0 saturated carbocycles. The van der Waals surface area contributed by atoms with Crippen LogP contribution in [0.3, 0.4) is 0 Å². The van der Waals surface area contributed by atoms with E-state index in [1.54, 1.807) is 12.3 Å². The summed E-state index contributed by atoms with van der Waals surface area (Å²) >= 11 is 9.03. The normalized spacial score (nSPS) is 10.4. The van der Waals surface area contributed by atoms with E-state index in [2.05, 4.69) is 20.9 Å². The quantitative estimate of drug-likeness (QED) is 0.749. The molecule has 18 heavy (non-hydrogen) atoms. The number of aromatic nitrogens is 1. The molecule has 0 amide bonds. The minimum absolute atomic E-state index is 0.0298. The lowest BCUT2D eigenvalue weighted by Gasteiger charge is -2.09. The fraction of sp³-hybridized carbons (Fsp3) is 0.154. The van der Waals surface area contributed by atoms with Crippen molar-refractivity contribution in [2.75, 3.05) is 0 Å². The van der Waals surface area contributed by atoms with Gasteiger partial charge in [-0.3, -0.25) is 0 Å². The summed E-state index contributed by atoms with van der Waals surface area (Å²) in [7, 11) is 0. The van der Waals surface area contributed by atoms with E-state index in [0.717, 1.165) is 11.1 Å². The van der Waals surface area contributed by atoms with Crippen LogP contribution in [0.5, 0.6) is 11.6 Å². The number of halogens is 3. The average Bonchev–Trinajstić information content (AvgIpc) is 2.37. The molecule has 0 saturated heterocycles. The van der Waals surface area contributed by atoms with E-state index in [9.17, 15) is 4.39 Å². The Morgan fingerprint density at radius 2 is 2.22 bits per heavy atom. The number of aryl methyl sites for hydroxylation is 1. The van der Waals surface area contributed by atoms with Crippen LogP contribution in [0.2, 0.25) is 5.02 Å². The second-order valence-corrected chi connectivity index (χ2v) is 4.72. The highest BCUT2D eigenvalue weighted by atomic mass is 79.9. The van der Waals surface area contributed by atoms with Crippen molar-refractivity contribution in [2.24, 2.45) is 0 Å². The zero-order valence-electron chi connectivity index (χ0n) is 9.58. The number of alkyl halides is 1. The third-order valence-electron chi connectivity index (χ3n) is 2.36. The summed E-state index contributed by atoms with van der Waals surface area (Å²) < 4.78 is 19.1. The van der Waals surface area contributed by atoms with Gasteiger partial charge in [-0.2, -0.15) is 0 Å². The van der Waals surface area contributed by atoms with E-state index in [4.69, 9.17) is 16.3 Å². The summed E-state index contributed by atoms with van der Waals surface area (Å²) in [5.74, 6) is -0.129. The van der Waals surface area contributed by atoms with Crippen molar-refractivity contribution in [1.82, 2.24) is 4.98 Å².